The van der Waals surface area contributed by atoms with Crippen molar-refractivity contribution >= 4 is 27.5 Å². The molecule has 1 amide bonds. The average Bonchev–Trinajstić information content (AvgIpc) is 2.65. The van der Waals surface area contributed by atoms with Crippen LogP contribution >= 0.6 is 15.9 Å². The molecule has 0 aliphatic carbocycles. The van der Waals surface area contributed by atoms with Gasteiger partial charge in [-0.15, -0.1) is 0 Å². The van der Waals surface area contributed by atoms with Gasteiger partial charge in [-0.2, -0.15) is 0 Å². The van der Waals surface area contributed by atoms with Crippen molar-refractivity contribution in [2.24, 2.45) is 0 Å². The molecule has 1 aromatic rings. The predicted molar refractivity (Wildman–Crippen MR) is 73.6 cm³/mol. The molecule has 2 rings (SSSR count). The molecule has 17 heavy (non-hydrogen) atoms. The van der Waals surface area contributed by atoms with E-state index in [1.54, 1.807) is 0 Å². The van der Waals surface area contributed by atoms with Gasteiger partial charge in [0, 0.05) is 17.6 Å². The number of anilines is 1. The van der Waals surface area contributed by atoms with E-state index < -0.39 is 0 Å². The van der Waals surface area contributed by atoms with Crippen molar-refractivity contribution in [1.82, 2.24) is 5.32 Å². The summed E-state index contributed by atoms with van der Waals surface area (Å²) in [6, 6.07) is 6.24. The second kappa shape index (κ2) is 4.78. The van der Waals surface area contributed by atoms with Crippen LogP contribution in [-0.4, -0.2) is 17.9 Å². The Morgan fingerprint density at radius 1 is 1.47 bits per heavy atom. The SMILES string of the molecule is CC(C)(CNCBr)c1ccc2c(c1)CC(=O)N2. The molecule has 3 nitrogen and oxygen atoms in total. The van der Waals surface area contributed by atoms with Gasteiger partial charge in [-0.05, 0) is 17.2 Å². The van der Waals surface area contributed by atoms with Gasteiger partial charge in [0.15, 0.2) is 0 Å². The number of amides is 1. The Kier molecular flexibility index (Phi) is 3.54. The van der Waals surface area contributed by atoms with Gasteiger partial charge in [0.1, 0.15) is 0 Å². The van der Waals surface area contributed by atoms with Crippen molar-refractivity contribution in [2.75, 3.05) is 17.3 Å². The molecule has 2 N–H and O–H groups in total. The summed E-state index contributed by atoms with van der Waals surface area (Å²) >= 11 is 3.37. The Morgan fingerprint density at radius 2 is 2.24 bits per heavy atom. The van der Waals surface area contributed by atoms with Crippen LogP contribution in [-0.2, 0) is 16.6 Å². The van der Waals surface area contributed by atoms with Gasteiger partial charge in [-0.3, -0.25) is 4.79 Å². The molecular formula is C13H17BrN2O. The Balaban J connectivity index is 2.23. The lowest BCUT2D eigenvalue weighted by molar-refractivity contribution is -0.115. The van der Waals surface area contributed by atoms with Crippen LogP contribution in [0.4, 0.5) is 5.69 Å². The molecule has 1 aliphatic heterocycles. The molecule has 0 spiro atoms. The number of carbonyl (C=O) groups is 1. The lowest BCUT2D eigenvalue weighted by atomic mass is 9.83. The van der Waals surface area contributed by atoms with Gasteiger partial charge in [0.05, 0.1) is 11.9 Å². The Bertz CT molecular complexity index is 443. The third-order valence-electron chi connectivity index (χ3n) is 3.17. The zero-order valence-electron chi connectivity index (χ0n) is 10.1. The number of alkyl halides is 1. The van der Waals surface area contributed by atoms with E-state index in [0.29, 0.717) is 6.42 Å². The summed E-state index contributed by atoms with van der Waals surface area (Å²) in [5, 5.41) is 6.15. The topological polar surface area (TPSA) is 41.1 Å². The van der Waals surface area contributed by atoms with Crippen LogP contribution in [0.25, 0.3) is 0 Å². The van der Waals surface area contributed by atoms with Crippen LogP contribution in [0.15, 0.2) is 18.2 Å². The smallest absolute Gasteiger partial charge is 0.228 e. The van der Waals surface area contributed by atoms with E-state index in [-0.39, 0.29) is 11.3 Å². The molecule has 92 valence electrons. The van der Waals surface area contributed by atoms with E-state index in [0.717, 1.165) is 23.2 Å². The molecule has 0 bridgehead atoms. The van der Waals surface area contributed by atoms with E-state index >= 15 is 0 Å². The highest BCUT2D eigenvalue weighted by Gasteiger charge is 2.24. The Labute approximate surface area is 110 Å². The minimum Gasteiger partial charge on any atom is -0.326 e. The maximum atomic E-state index is 11.3. The van der Waals surface area contributed by atoms with Crippen molar-refractivity contribution in [1.29, 1.82) is 0 Å². The van der Waals surface area contributed by atoms with Crippen molar-refractivity contribution in [2.45, 2.75) is 25.7 Å². The van der Waals surface area contributed by atoms with E-state index in [4.69, 9.17) is 0 Å². The minimum absolute atomic E-state index is 0.0639. The Morgan fingerprint density at radius 3 is 2.94 bits per heavy atom. The van der Waals surface area contributed by atoms with Crippen LogP contribution < -0.4 is 10.6 Å². The first kappa shape index (κ1) is 12.6. The summed E-state index contributed by atoms with van der Waals surface area (Å²) in [5.41, 5.74) is 4.19. The lowest BCUT2D eigenvalue weighted by Gasteiger charge is -2.26. The second-order valence-corrected chi connectivity index (χ2v) is 5.60. The highest BCUT2D eigenvalue weighted by atomic mass is 79.9. The fraction of sp³-hybridized carbons (Fsp3) is 0.462. The first-order valence-corrected chi connectivity index (χ1v) is 6.85. The van der Waals surface area contributed by atoms with Crippen LogP contribution in [0.1, 0.15) is 25.0 Å². The maximum absolute atomic E-state index is 11.3. The van der Waals surface area contributed by atoms with Gasteiger partial charge in [0.25, 0.3) is 0 Å². The third-order valence-corrected chi connectivity index (χ3v) is 3.57. The standard InChI is InChI=1S/C13H17BrN2O/c1-13(2,7-15-8-14)10-3-4-11-9(5-10)6-12(17)16-11/h3-5,15H,6-8H2,1-2H3,(H,16,17). The molecule has 0 unspecified atom stereocenters. The number of hydrogen-bond acceptors (Lipinski definition) is 2. The van der Waals surface area contributed by atoms with Crippen LogP contribution in [0.3, 0.4) is 0 Å². The van der Waals surface area contributed by atoms with Gasteiger partial charge >= 0.3 is 0 Å². The van der Waals surface area contributed by atoms with E-state index in [1.165, 1.54) is 5.56 Å². The first-order chi connectivity index (χ1) is 8.03. The van der Waals surface area contributed by atoms with Crippen molar-refractivity contribution in [3.05, 3.63) is 29.3 Å². The monoisotopic (exact) mass is 296 g/mol. The maximum Gasteiger partial charge on any atom is 0.228 e. The zero-order chi connectivity index (χ0) is 12.5. The van der Waals surface area contributed by atoms with Gasteiger partial charge in [-0.25, -0.2) is 0 Å². The fourth-order valence-electron chi connectivity index (χ4n) is 2.11. The highest BCUT2D eigenvalue weighted by molar-refractivity contribution is 9.09. The minimum atomic E-state index is 0.0639. The number of fused-ring (bicyclic) bond motifs is 1. The normalized spacial score (nSPS) is 14.6. The summed E-state index contributed by atoms with van der Waals surface area (Å²) in [4.78, 5) is 11.3. The molecule has 0 radical (unpaired) electrons. The number of rotatable bonds is 4. The molecule has 0 saturated carbocycles. The molecule has 1 aliphatic rings. The Hall–Kier alpha value is -0.870. The molecule has 0 atom stereocenters. The molecule has 4 heteroatoms. The van der Waals surface area contributed by atoms with Gasteiger partial charge in [-0.1, -0.05) is 41.9 Å². The quantitative estimate of drug-likeness (QED) is 0.662. The van der Waals surface area contributed by atoms with E-state index in [2.05, 4.69) is 52.5 Å². The van der Waals surface area contributed by atoms with Gasteiger partial charge < -0.3 is 10.6 Å². The van der Waals surface area contributed by atoms with Gasteiger partial charge in [0.2, 0.25) is 5.91 Å². The fourth-order valence-corrected chi connectivity index (χ4v) is 2.31. The van der Waals surface area contributed by atoms with Crippen molar-refractivity contribution < 1.29 is 4.79 Å². The molecule has 0 saturated heterocycles. The molecular weight excluding hydrogens is 280 g/mol. The summed E-state index contributed by atoms with van der Waals surface area (Å²) in [7, 11) is 0. The van der Waals surface area contributed by atoms with Crippen LogP contribution in [0, 0.1) is 0 Å². The second-order valence-electron chi connectivity index (χ2n) is 5.04. The third kappa shape index (κ3) is 2.69. The lowest BCUT2D eigenvalue weighted by Crippen LogP contribution is -2.32. The number of carbonyl (C=O) groups excluding carboxylic acids is 1. The van der Waals surface area contributed by atoms with Crippen LogP contribution in [0.5, 0.6) is 0 Å². The summed E-state index contributed by atoms with van der Waals surface area (Å²) < 4.78 is 0. The summed E-state index contributed by atoms with van der Waals surface area (Å²) in [6.07, 6.45) is 0.505. The first-order valence-electron chi connectivity index (χ1n) is 5.73. The van der Waals surface area contributed by atoms with Crippen molar-refractivity contribution in [3.63, 3.8) is 0 Å². The predicted octanol–water partition coefficient (Wildman–Crippen LogP) is 2.40. The zero-order valence-corrected chi connectivity index (χ0v) is 11.7. The highest BCUT2D eigenvalue weighted by Crippen LogP contribution is 2.29. The number of hydrogen-bond donors (Lipinski definition) is 2. The molecule has 1 heterocycles. The summed E-state index contributed by atoms with van der Waals surface area (Å²) in [6.45, 7) is 5.31. The largest absolute Gasteiger partial charge is 0.326 e. The number of benzene rings is 1. The summed E-state index contributed by atoms with van der Waals surface area (Å²) in [5.74, 6) is 0.0912. The van der Waals surface area contributed by atoms with Crippen LogP contribution in [0.2, 0.25) is 0 Å². The average molecular weight is 297 g/mol. The van der Waals surface area contributed by atoms with Crippen molar-refractivity contribution in [3.8, 4) is 0 Å². The van der Waals surface area contributed by atoms with E-state index in [1.807, 2.05) is 6.07 Å². The van der Waals surface area contributed by atoms with E-state index in [9.17, 15) is 4.79 Å². The molecule has 0 fully saturated rings. The number of halogens is 1. The number of nitrogens with one attached hydrogen (secondary N) is 2. The molecule has 1 aromatic carbocycles. The molecule has 0 aromatic heterocycles.